The Morgan fingerprint density at radius 1 is 0.818 bits per heavy atom. The van der Waals surface area contributed by atoms with E-state index < -0.39 is 6.17 Å². The van der Waals surface area contributed by atoms with Crippen LogP contribution >= 0.6 is 0 Å². The Labute approximate surface area is 137 Å². The molecule has 0 saturated carbocycles. The standard InChI is InChI=1S/C19H37FO2/c1-3-4-5-6-9-12-15-18(20)16-13-10-7-8-11-14-17-19(21)22-2/h18H,3-17H2,1-2H3/t18-/m1/s1. The second-order valence-electron chi connectivity index (χ2n) is 6.39. The largest absolute Gasteiger partial charge is 0.469 e. The minimum atomic E-state index is -0.592. The highest BCUT2D eigenvalue weighted by Gasteiger charge is 2.05. The summed E-state index contributed by atoms with van der Waals surface area (Å²) in [6.07, 6.45) is 15.3. The number of carbonyl (C=O) groups is 1. The Hall–Kier alpha value is -0.600. The molecule has 132 valence electrons. The lowest BCUT2D eigenvalue weighted by Gasteiger charge is -2.08. The van der Waals surface area contributed by atoms with E-state index in [0.717, 1.165) is 57.8 Å². The molecule has 1 atom stereocenters. The number of ether oxygens (including phenoxy) is 1. The summed E-state index contributed by atoms with van der Waals surface area (Å²) in [5, 5.41) is 0. The maximum absolute atomic E-state index is 13.7. The molecule has 0 aliphatic rings. The lowest BCUT2D eigenvalue weighted by molar-refractivity contribution is -0.140. The van der Waals surface area contributed by atoms with Crippen molar-refractivity contribution >= 4 is 5.97 Å². The van der Waals surface area contributed by atoms with Crippen molar-refractivity contribution in [2.24, 2.45) is 0 Å². The topological polar surface area (TPSA) is 26.3 Å². The molecule has 2 nitrogen and oxygen atoms in total. The van der Waals surface area contributed by atoms with E-state index in [1.54, 1.807) is 0 Å². The van der Waals surface area contributed by atoms with Crippen LogP contribution in [0.3, 0.4) is 0 Å². The Morgan fingerprint density at radius 2 is 1.27 bits per heavy atom. The van der Waals surface area contributed by atoms with E-state index in [-0.39, 0.29) is 5.97 Å². The molecule has 0 saturated heterocycles. The van der Waals surface area contributed by atoms with E-state index >= 15 is 0 Å². The van der Waals surface area contributed by atoms with Crippen molar-refractivity contribution in [2.75, 3.05) is 7.11 Å². The average Bonchev–Trinajstić information content (AvgIpc) is 2.52. The van der Waals surface area contributed by atoms with Crippen molar-refractivity contribution in [3.05, 3.63) is 0 Å². The molecule has 0 aliphatic carbocycles. The van der Waals surface area contributed by atoms with E-state index in [1.807, 2.05) is 0 Å². The summed E-state index contributed by atoms with van der Waals surface area (Å²) in [4.78, 5) is 10.9. The fourth-order valence-electron chi connectivity index (χ4n) is 2.73. The Balaban J connectivity index is 3.18. The number of alkyl halides is 1. The molecule has 0 radical (unpaired) electrons. The van der Waals surface area contributed by atoms with Crippen LogP contribution in [0.5, 0.6) is 0 Å². The van der Waals surface area contributed by atoms with Gasteiger partial charge in [0.25, 0.3) is 0 Å². The van der Waals surface area contributed by atoms with Gasteiger partial charge in [-0.3, -0.25) is 4.79 Å². The van der Waals surface area contributed by atoms with Gasteiger partial charge in [-0.15, -0.1) is 0 Å². The van der Waals surface area contributed by atoms with Crippen molar-refractivity contribution < 1.29 is 13.9 Å². The van der Waals surface area contributed by atoms with Crippen molar-refractivity contribution in [1.82, 2.24) is 0 Å². The molecule has 0 aromatic carbocycles. The smallest absolute Gasteiger partial charge is 0.305 e. The first-order valence-corrected chi connectivity index (χ1v) is 9.41. The van der Waals surface area contributed by atoms with Gasteiger partial charge < -0.3 is 4.74 Å². The number of halogens is 1. The molecule has 0 N–H and O–H groups in total. The third-order valence-corrected chi connectivity index (χ3v) is 4.25. The van der Waals surface area contributed by atoms with Gasteiger partial charge in [-0.2, -0.15) is 0 Å². The summed E-state index contributed by atoms with van der Waals surface area (Å²) in [5.41, 5.74) is 0. The quantitative estimate of drug-likeness (QED) is 0.244. The van der Waals surface area contributed by atoms with Gasteiger partial charge in [0.05, 0.1) is 7.11 Å². The van der Waals surface area contributed by atoms with Gasteiger partial charge in [-0.05, 0) is 19.3 Å². The Bertz CT molecular complexity index is 244. The van der Waals surface area contributed by atoms with Crippen LogP contribution < -0.4 is 0 Å². The van der Waals surface area contributed by atoms with Crippen LogP contribution in [0.4, 0.5) is 4.39 Å². The van der Waals surface area contributed by atoms with Crippen molar-refractivity contribution in [3.63, 3.8) is 0 Å². The molecule has 0 aliphatic heterocycles. The van der Waals surface area contributed by atoms with Crippen LogP contribution in [0.2, 0.25) is 0 Å². The summed E-state index contributed by atoms with van der Waals surface area (Å²) < 4.78 is 18.3. The van der Waals surface area contributed by atoms with Gasteiger partial charge in [0.15, 0.2) is 0 Å². The van der Waals surface area contributed by atoms with Crippen LogP contribution in [-0.4, -0.2) is 19.3 Å². The molecule has 0 heterocycles. The molecule has 0 bridgehead atoms. The minimum Gasteiger partial charge on any atom is -0.469 e. The SMILES string of the molecule is CCCCCCCC[C@@H](F)CCCCCCCCC(=O)OC. The molecule has 0 spiro atoms. The molecule has 0 aromatic heterocycles. The first-order valence-electron chi connectivity index (χ1n) is 9.41. The highest BCUT2D eigenvalue weighted by Crippen LogP contribution is 2.16. The second kappa shape index (κ2) is 16.8. The molecule has 0 fully saturated rings. The van der Waals surface area contributed by atoms with Crippen LogP contribution in [0.25, 0.3) is 0 Å². The van der Waals surface area contributed by atoms with E-state index in [2.05, 4.69) is 11.7 Å². The first kappa shape index (κ1) is 21.4. The van der Waals surface area contributed by atoms with Crippen molar-refractivity contribution in [3.8, 4) is 0 Å². The van der Waals surface area contributed by atoms with Gasteiger partial charge in [0, 0.05) is 6.42 Å². The zero-order valence-corrected chi connectivity index (χ0v) is 14.9. The van der Waals surface area contributed by atoms with E-state index in [4.69, 9.17) is 0 Å². The van der Waals surface area contributed by atoms with Gasteiger partial charge in [0.1, 0.15) is 6.17 Å². The fraction of sp³-hybridized carbons (Fsp3) is 0.947. The first-order chi connectivity index (χ1) is 10.7. The summed E-state index contributed by atoms with van der Waals surface area (Å²) >= 11 is 0. The van der Waals surface area contributed by atoms with E-state index in [1.165, 1.54) is 39.2 Å². The Kier molecular flexibility index (Phi) is 16.3. The maximum Gasteiger partial charge on any atom is 0.305 e. The van der Waals surface area contributed by atoms with Crippen molar-refractivity contribution in [2.45, 2.75) is 109 Å². The molecule has 22 heavy (non-hydrogen) atoms. The van der Waals surface area contributed by atoms with E-state index in [0.29, 0.717) is 6.42 Å². The predicted octanol–water partition coefficient (Wildman–Crippen LogP) is 6.37. The number of unbranched alkanes of at least 4 members (excludes halogenated alkanes) is 10. The van der Waals surface area contributed by atoms with Crippen molar-refractivity contribution in [1.29, 1.82) is 0 Å². The number of hydrogen-bond acceptors (Lipinski definition) is 2. The summed E-state index contributed by atoms with van der Waals surface area (Å²) in [7, 11) is 1.43. The van der Waals surface area contributed by atoms with Gasteiger partial charge in [-0.25, -0.2) is 4.39 Å². The van der Waals surface area contributed by atoms with Gasteiger partial charge >= 0.3 is 5.97 Å². The van der Waals surface area contributed by atoms with Gasteiger partial charge in [-0.1, -0.05) is 77.6 Å². The van der Waals surface area contributed by atoms with Crippen LogP contribution in [0.1, 0.15) is 103 Å². The second-order valence-corrected chi connectivity index (χ2v) is 6.39. The fourth-order valence-corrected chi connectivity index (χ4v) is 2.73. The lowest BCUT2D eigenvalue weighted by Crippen LogP contribution is -2.00. The number of rotatable bonds is 16. The number of methoxy groups -OCH3 is 1. The molecular weight excluding hydrogens is 279 g/mol. The highest BCUT2D eigenvalue weighted by molar-refractivity contribution is 5.68. The molecule has 0 aromatic rings. The summed E-state index contributed by atoms with van der Waals surface area (Å²) in [5.74, 6) is -0.116. The molecular formula is C19H37FO2. The van der Waals surface area contributed by atoms with Gasteiger partial charge in [0.2, 0.25) is 0 Å². The Morgan fingerprint density at radius 3 is 1.77 bits per heavy atom. The predicted molar refractivity (Wildman–Crippen MR) is 91.8 cm³/mol. The lowest BCUT2D eigenvalue weighted by atomic mass is 10.0. The van der Waals surface area contributed by atoms with Crippen LogP contribution in [-0.2, 0) is 9.53 Å². The summed E-state index contributed by atoms with van der Waals surface area (Å²) in [6, 6.07) is 0. The third-order valence-electron chi connectivity index (χ3n) is 4.25. The number of hydrogen-bond donors (Lipinski definition) is 0. The maximum atomic E-state index is 13.7. The molecule has 0 amide bonds. The zero-order valence-electron chi connectivity index (χ0n) is 14.9. The monoisotopic (exact) mass is 316 g/mol. The molecule has 3 heteroatoms. The molecule has 0 unspecified atom stereocenters. The minimum absolute atomic E-state index is 0.116. The number of esters is 1. The highest BCUT2D eigenvalue weighted by atomic mass is 19.1. The van der Waals surface area contributed by atoms with E-state index in [9.17, 15) is 9.18 Å². The van der Waals surface area contributed by atoms with Crippen LogP contribution in [0.15, 0.2) is 0 Å². The molecule has 0 rings (SSSR count). The third kappa shape index (κ3) is 15.8. The zero-order chi connectivity index (χ0) is 16.5. The normalized spacial score (nSPS) is 12.3. The summed E-state index contributed by atoms with van der Waals surface area (Å²) in [6.45, 7) is 2.22. The average molecular weight is 317 g/mol. The van der Waals surface area contributed by atoms with Crippen LogP contribution in [0, 0.1) is 0 Å². The number of carbonyl (C=O) groups excluding carboxylic acids is 1.